The molecule has 178 valence electrons. The molecule has 0 saturated carbocycles. The van der Waals surface area contributed by atoms with Crippen LogP contribution in [0.1, 0.15) is 23.9 Å². The molecule has 5 rings (SSSR count). The smallest absolute Gasteiger partial charge is 0.439 e. The van der Waals surface area contributed by atoms with E-state index in [0.717, 1.165) is 12.0 Å². The van der Waals surface area contributed by atoms with Crippen LogP contribution < -0.4 is 9.47 Å². The molecular weight excluding hydrogens is 455 g/mol. The molecule has 2 aliphatic heterocycles. The number of likely N-dealkylation sites (tertiary alicyclic amines) is 2. The number of hydrogen-bond acceptors (Lipinski definition) is 7. The van der Waals surface area contributed by atoms with E-state index in [1.54, 1.807) is 23.3 Å². The topological polar surface area (TPSA) is 98.5 Å². The van der Waals surface area contributed by atoms with Crippen LogP contribution in [0.4, 0.5) is 18.0 Å². The lowest BCUT2D eigenvalue weighted by molar-refractivity contribution is -0.274. The lowest BCUT2D eigenvalue weighted by Crippen LogP contribution is -2.53. The van der Waals surface area contributed by atoms with Gasteiger partial charge in [-0.2, -0.15) is 0 Å². The summed E-state index contributed by atoms with van der Waals surface area (Å²) in [6.45, 7) is 2.46. The predicted molar refractivity (Wildman–Crippen MR) is 110 cm³/mol. The number of carbonyl (C=O) groups excluding carboxylic acids is 1. The van der Waals surface area contributed by atoms with Gasteiger partial charge in [0.1, 0.15) is 17.8 Å². The number of ether oxygens (including phenoxy) is 2. The number of hydrogen-bond donors (Lipinski definition) is 0. The van der Waals surface area contributed by atoms with Crippen LogP contribution in [0.2, 0.25) is 0 Å². The van der Waals surface area contributed by atoms with Crippen molar-refractivity contribution in [1.29, 1.82) is 0 Å². The van der Waals surface area contributed by atoms with E-state index in [0.29, 0.717) is 37.8 Å². The second kappa shape index (κ2) is 8.80. The monoisotopic (exact) mass is 475 g/mol. The first-order chi connectivity index (χ1) is 16.3. The maximum absolute atomic E-state index is 12.8. The molecule has 0 N–H and O–H groups in total. The summed E-state index contributed by atoms with van der Waals surface area (Å²) in [5.41, 5.74) is 0.985. The first kappa shape index (κ1) is 21.9. The minimum atomic E-state index is -4.74. The minimum absolute atomic E-state index is 0.0117. The lowest BCUT2D eigenvalue weighted by Gasteiger charge is -2.41. The number of rotatable bonds is 5. The van der Waals surface area contributed by atoms with Crippen molar-refractivity contribution in [3.63, 3.8) is 0 Å². The SMILES string of the molecule is O=C(N1CC(c2ccc(Oc3ccc(OC(F)(F)F)cc3)nc2)C1)N1CCC(n2cnnn2)C1. The molecule has 10 nitrogen and oxygen atoms in total. The molecule has 13 heteroatoms. The summed E-state index contributed by atoms with van der Waals surface area (Å²) >= 11 is 0. The third-order valence-corrected chi connectivity index (χ3v) is 5.84. The standard InChI is InChI=1S/C21H20F3N7O3/c22-21(23,24)34-18-4-2-17(3-5-18)33-19-6-1-14(9-25-19)15-10-30(11-15)20(32)29-8-7-16(12-29)31-13-26-27-28-31/h1-6,9,13,15-16H,7-8,10-12H2. The van der Waals surface area contributed by atoms with Crippen LogP contribution in [0, 0.1) is 0 Å². The zero-order chi connectivity index (χ0) is 23.7. The fraction of sp³-hybridized carbons (Fsp3) is 0.381. The summed E-state index contributed by atoms with van der Waals surface area (Å²) in [4.78, 5) is 20.7. The van der Waals surface area contributed by atoms with Crippen LogP contribution in [0.25, 0.3) is 0 Å². The van der Waals surface area contributed by atoms with Crippen molar-refractivity contribution >= 4 is 6.03 Å². The number of aromatic nitrogens is 5. The largest absolute Gasteiger partial charge is 0.573 e. The number of alkyl halides is 3. The minimum Gasteiger partial charge on any atom is -0.439 e. The Kier molecular flexibility index (Phi) is 5.67. The average Bonchev–Trinajstić information content (AvgIpc) is 3.46. The molecule has 1 unspecified atom stereocenters. The molecule has 2 aliphatic rings. The second-order valence-electron chi connectivity index (χ2n) is 8.11. The van der Waals surface area contributed by atoms with E-state index in [4.69, 9.17) is 4.74 Å². The molecule has 3 aromatic rings. The Hall–Kier alpha value is -3.90. The van der Waals surface area contributed by atoms with Crippen molar-refractivity contribution in [1.82, 2.24) is 35.0 Å². The number of halogens is 3. The summed E-state index contributed by atoms with van der Waals surface area (Å²) in [7, 11) is 0. The van der Waals surface area contributed by atoms with E-state index < -0.39 is 6.36 Å². The van der Waals surface area contributed by atoms with Crippen LogP contribution in [0.5, 0.6) is 17.4 Å². The molecule has 0 bridgehead atoms. The fourth-order valence-electron chi connectivity index (χ4n) is 4.04. The van der Waals surface area contributed by atoms with Gasteiger partial charge in [-0.15, -0.1) is 18.3 Å². The van der Waals surface area contributed by atoms with Gasteiger partial charge in [0.05, 0.1) is 6.04 Å². The van der Waals surface area contributed by atoms with Crippen molar-refractivity contribution in [2.24, 2.45) is 0 Å². The van der Waals surface area contributed by atoms with Gasteiger partial charge in [-0.25, -0.2) is 14.5 Å². The third kappa shape index (κ3) is 4.87. The van der Waals surface area contributed by atoms with Crippen molar-refractivity contribution in [3.8, 4) is 17.4 Å². The molecule has 2 aromatic heterocycles. The Morgan fingerprint density at radius 2 is 1.76 bits per heavy atom. The van der Waals surface area contributed by atoms with Gasteiger partial charge in [-0.1, -0.05) is 6.07 Å². The number of carbonyl (C=O) groups is 1. The van der Waals surface area contributed by atoms with E-state index >= 15 is 0 Å². The van der Waals surface area contributed by atoms with Gasteiger partial charge in [0.15, 0.2) is 0 Å². The summed E-state index contributed by atoms with van der Waals surface area (Å²) in [6, 6.07) is 8.75. The molecule has 2 fully saturated rings. The lowest BCUT2D eigenvalue weighted by atomic mass is 9.93. The van der Waals surface area contributed by atoms with Gasteiger partial charge >= 0.3 is 12.4 Å². The maximum atomic E-state index is 12.8. The molecule has 0 spiro atoms. The number of nitrogens with zero attached hydrogens (tertiary/aromatic N) is 7. The molecule has 0 aliphatic carbocycles. The highest BCUT2D eigenvalue weighted by Crippen LogP contribution is 2.31. The zero-order valence-electron chi connectivity index (χ0n) is 17.8. The summed E-state index contributed by atoms with van der Waals surface area (Å²) in [6.07, 6.45) is -0.672. The van der Waals surface area contributed by atoms with Crippen LogP contribution >= 0.6 is 0 Å². The normalized spacial score (nSPS) is 18.6. The van der Waals surface area contributed by atoms with E-state index in [1.807, 2.05) is 15.9 Å². The van der Waals surface area contributed by atoms with Crippen LogP contribution in [0.3, 0.4) is 0 Å². The molecule has 4 heterocycles. The Labute approximate surface area is 191 Å². The highest BCUT2D eigenvalue weighted by molar-refractivity contribution is 5.76. The molecule has 2 amide bonds. The number of amides is 2. The zero-order valence-corrected chi connectivity index (χ0v) is 17.8. The number of benzene rings is 1. The quantitative estimate of drug-likeness (QED) is 0.559. The van der Waals surface area contributed by atoms with Crippen molar-refractivity contribution in [2.75, 3.05) is 26.2 Å². The predicted octanol–water partition coefficient (Wildman–Crippen LogP) is 3.23. The van der Waals surface area contributed by atoms with Crippen molar-refractivity contribution in [2.45, 2.75) is 24.7 Å². The Bertz CT molecular complexity index is 1120. The van der Waals surface area contributed by atoms with Crippen LogP contribution in [-0.4, -0.2) is 73.6 Å². The van der Waals surface area contributed by atoms with Gasteiger partial charge in [-0.3, -0.25) is 0 Å². The molecule has 1 aromatic carbocycles. The van der Waals surface area contributed by atoms with E-state index in [-0.39, 0.29) is 23.7 Å². The van der Waals surface area contributed by atoms with Crippen LogP contribution in [0.15, 0.2) is 48.9 Å². The van der Waals surface area contributed by atoms with Gasteiger partial charge < -0.3 is 19.3 Å². The van der Waals surface area contributed by atoms with E-state index in [9.17, 15) is 18.0 Å². The maximum Gasteiger partial charge on any atom is 0.573 e. The van der Waals surface area contributed by atoms with Gasteiger partial charge in [0, 0.05) is 44.4 Å². The summed E-state index contributed by atoms with van der Waals surface area (Å²) in [5.74, 6) is 0.501. The molecule has 34 heavy (non-hydrogen) atoms. The summed E-state index contributed by atoms with van der Waals surface area (Å²) < 4.78 is 47.8. The molecular formula is C21H20F3N7O3. The van der Waals surface area contributed by atoms with Crippen molar-refractivity contribution in [3.05, 3.63) is 54.5 Å². The number of tetrazole rings is 1. The second-order valence-corrected chi connectivity index (χ2v) is 8.11. The highest BCUT2D eigenvalue weighted by Gasteiger charge is 2.37. The third-order valence-electron chi connectivity index (χ3n) is 5.84. The fourth-order valence-corrected chi connectivity index (χ4v) is 4.04. The van der Waals surface area contributed by atoms with Crippen LogP contribution in [-0.2, 0) is 0 Å². The van der Waals surface area contributed by atoms with Crippen molar-refractivity contribution < 1.29 is 27.4 Å². The summed E-state index contributed by atoms with van der Waals surface area (Å²) in [5, 5.41) is 11.2. The van der Waals surface area contributed by atoms with E-state index in [1.165, 1.54) is 24.3 Å². The first-order valence-corrected chi connectivity index (χ1v) is 10.6. The van der Waals surface area contributed by atoms with Gasteiger partial charge in [-0.05, 0) is 46.7 Å². The first-order valence-electron chi connectivity index (χ1n) is 10.6. The number of pyridine rings is 1. The van der Waals surface area contributed by atoms with Gasteiger partial charge in [0.25, 0.3) is 0 Å². The molecule has 0 radical (unpaired) electrons. The van der Waals surface area contributed by atoms with E-state index in [2.05, 4.69) is 25.2 Å². The Balaban J connectivity index is 1.10. The van der Waals surface area contributed by atoms with Gasteiger partial charge in [0.2, 0.25) is 5.88 Å². The Morgan fingerprint density at radius 3 is 2.41 bits per heavy atom. The average molecular weight is 475 g/mol. The molecule has 1 atom stereocenters. The number of urea groups is 1. The Morgan fingerprint density at radius 1 is 1.00 bits per heavy atom. The highest BCUT2D eigenvalue weighted by atomic mass is 19.4. The molecule has 2 saturated heterocycles.